The van der Waals surface area contributed by atoms with E-state index in [9.17, 15) is 4.79 Å². The van der Waals surface area contributed by atoms with Gasteiger partial charge < -0.3 is 14.8 Å². The summed E-state index contributed by atoms with van der Waals surface area (Å²) in [4.78, 5) is 16.0. The number of hydrogen-bond acceptors (Lipinski definition) is 3. The molecule has 2 aromatic heterocycles. The van der Waals surface area contributed by atoms with Crippen LogP contribution < -0.4 is 5.32 Å². The third-order valence-corrected chi connectivity index (χ3v) is 2.66. The number of aliphatic hydroxyl groups is 1. The number of nitrogens with zero attached hydrogens (tertiary/aromatic N) is 2. The van der Waals surface area contributed by atoms with Crippen molar-refractivity contribution in [3.8, 4) is 0 Å². The number of carbonyl (C=O) groups is 1. The molecule has 2 aromatic rings. The maximum atomic E-state index is 11.6. The van der Waals surface area contributed by atoms with Crippen LogP contribution in [0.15, 0.2) is 24.5 Å². The summed E-state index contributed by atoms with van der Waals surface area (Å²) in [6.45, 7) is 3.89. The van der Waals surface area contributed by atoms with Crippen molar-refractivity contribution in [3.63, 3.8) is 0 Å². The quantitative estimate of drug-likeness (QED) is 0.835. The highest BCUT2D eigenvalue weighted by atomic mass is 16.3. The monoisotopic (exact) mass is 247 g/mol. The fourth-order valence-corrected chi connectivity index (χ4v) is 1.78. The molecule has 0 aromatic carbocycles. The number of carbonyl (C=O) groups excluding carboxylic acids is 1. The number of nitrogens with one attached hydrogen (secondary N) is 1. The SMILES string of the molecule is Cc1cccn2cc(CC(=O)NCC(C)O)nc12. The first-order valence-corrected chi connectivity index (χ1v) is 5.94. The Morgan fingerprint density at radius 3 is 3.06 bits per heavy atom. The Morgan fingerprint density at radius 1 is 1.61 bits per heavy atom. The molecule has 5 heteroatoms. The molecule has 18 heavy (non-hydrogen) atoms. The molecule has 0 bridgehead atoms. The van der Waals surface area contributed by atoms with Crippen molar-refractivity contribution in [1.82, 2.24) is 14.7 Å². The summed E-state index contributed by atoms with van der Waals surface area (Å²) in [5.74, 6) is -0.128. The first-order valence-electron chi connectivity index (χ1n) is 5.94. The van der Waals surface area contributed by atoms with Crippen LogP contribution in [-0.4, -0.2) is 33.0 Å². The minimum absolute atomic E-state index is 0.128. The average molecular weight is 247 g/mol. The van der Waals surface area contributed by atoms with Crippen molar-refractivity contribution < 1.29 is 9.90 Å². The van der Waals surface area contributed by atoms with Crippen LogP contribution in [0.1, 0.15) is 18.2 Å². The Hall–Kier alpha value is -1.88. The normalized spacial score (nSPS) is 12.6. The largest absolute Gasteiger partial charge is 0.392 e. The van der Waals surface area contributed by atoms with Gasteiger partial charge in [-0.05, 0) is 25.5 Å². The van der Waals surface area contributed by atoms with Gasteiger partial charge in [0.15, 0.2) is 0 Å². The summed E-state index contributed by atoms with van der Waals surface area (Å²) in [6.07, 6.45) is 3.46. The van der Waals surface area contributed by atoms with Crippen LogP contribution in [0, 0.1) is 6.92 Å². The van der Waals surface area contributed by atoms with E-state index in [1.165, 1.54) is 0 Å². The van der Waals surface area contributed by atoms with E-state index < -0.39 is 6.10 Å². The maximum Gasteiger partial charge on any atom is 0.226 e. The second-order valence-corrected chi connectivity index (χ2v) is 4.48. The molecule has 0 aliphatic rings. The zero-order valence-electron chi connectivity index (χ0n) is 10.6. The molecule has 2 heterocycles. The van der Waals surface area contributed by atoms with Crippen molar-refractivity contribution in [2.75, 3.05) is 6.54 Å². The number of aliphatic hydroxyl groups excluding tert-OH is 1. The van der Waals surface area contributed by atoms with E-state index in [-0.39, 0.29) is 18.9 Å². The van der Waals surface area contributed by atoms with Crippen molar-refractivity contribution in [2.45, 2.75) is 26.4 Å². The average Bonchev–Trinajstić information content (AvgIpc) is 2.70. The minimum Gasteiger partial charge on any atom is -0.392 e. The molecular weight excluding hydrogens is 230 g/mol. The second kappa shape index (κ2) is 5.18. The van der Waals surface area contributed by atoms with E-state index in [1.54, 1.807) is 6.92 Å². The molecule has 2 rings (SSSR count). The number of aryl methyl sites for hydroxylation is 1. The smallest absolute Gasteiger partial charge is 0.226 e. The second-order valence-electron chi connectivity index (χ2n) is 4.48. The van der Waals surface area contributed by atoms with Crippen LogP contribution in [0.3, 0.4) is 0 Å². The van der Waals surface area contributed by atoms with Crippen LogP contribution in [0.2, 0.25) is 0 Å². The van der Waals surface area contributed by atoms with Gasteiger partial charge in [-0.25, -0.2) is 4.98 Å². The molecule has 0 saturated heterocycles. The highest BCUT2D eigenvalue weighted by molar-refractivity contribution is 5.78. The zero-order valence-corrected chi connectivity index (χ0v) is 10.6. The third kappa shape index (κ3) is 2.87. The lowest BCUT2D eigenvalue weighted by molar-refractivity contribution is -0.120. The molecule has 1 atom stereocenters. The van der Waals surface area contributed by atoms with E-state index in [0.717, 1.165) is 16.9 Å². The van der Waals surface area contributed by atoms with E-state index in [0.29, 0.717) is 0 Å². The Bertz CT molecular complexity index is 560. The summed E-state index contributed by atoms with van der Waals surface area (Å²) in [7, 11) is 0. The summed E-state index contributed by atoms with van der Waals surface area (Å²) in [6, 6.07) is 3.93. The number of fused-ring (bicyclic) bond motifs is 1. The molecule has 0 fully saturated rings. The molecular formula is C13H17N3O2. The van der Waals surface area contributed by atoms with Crippen LogP contribution in [0.25, 0.3) is 5.65 Å². The molecule has 96 valence electrons. The highest BCUT2D eigenvalue weighted by Gasteiger charge is 2.09. The van der Waals surface area contributed by atoms with Crippen molar-refractivity contribution in [3.05, 3.63) is 35.8 Å². The number of hydrogen-bond donors (Lipinski definition) is 2. The minimum atomic E-state index is -0.530. The van der Waals surface area contributed by atoms with Gasteiger partial charge in [-0.15, -0.1) is 0 Å². The van der Waals surface area contributed by atoms with Crippen molar-refractivity contribution in [2.24, 2.45) is 0 Å². The number of rotatable bonds is 4. The van der Waals surface area contributed by atoms with E-state index >= 15 is 0 Å². The molecule has 0 spiro atoms. The van der Waals surface area contributed by atoms with Gasteiger partial charge in [0.05, 0.1) is 18.2 Å². The van der Waals surface area contributed by atoms with E-state index in [4.69, 9.17) is 5.11 Å². The number of amides is 1. The van der Waals surface area contributed by atoms with Gasteiger partial charge in [0.1, 0.15) is 5.65 Å². The Kier molecular flexibility index (Phi) is 3.62. The molecule has 0 radical (unpaired) electrons. The lowest BCUT2D eigenvalue weighted by atomic mass is 10.3. The van der Waals surface area contributed by atoms with E-state index in [1.807, 2.05) is 35.9 Å². The third-order valence-electron chi connectivity index (χ3n) is 2.66. The van der Waals surface area contributed by atoms with Gasteiger partial charge in [0, 0.05) is 18.9 Å². The molecule has 5 nitrogen and oxygen atoms in total. The van der Waals surface area contributed by atoms with Crippen LogP contribution in [0.4, 0.5) is 0 Å². The standard InChI is InChI=1S/C13H17N3O2/c1-9-4-3-5-16-8-11(15-13(9)16)6-12(18)14-7-10(2)17/h3-5,8,10,17H,6-7H2,1-2H3,(H,14,18). The Balaban J connectivity index is 2.08. The first-order chi connectivity index (χ1) is 8.56. The Morgan fingerprint density at radius 2 is 2.39 bits per heavy atom. The lowest BCUT2D eigenvalue weighted by Gasteiger charge is -2.05. The Labute approximate surface area is 105 Å². The topological polar surface area (TPSA) is 66.6 Å². The molecule has 1 amide bonds. The van der Waals surface area contributed by atoms with Crippen LogP contribution >= 0.6 is 0 Å². The number of aromatic nitrogens is 2. The van der Waals surface area contributed by atoms with Gasteiger partial charge in [0.25, 0.3) is 0 Å². The van der Waals surface area contributed by atoms with Crippen molar-refractivity contribution in [1.29, 1.82) is 0 Å². The van der Waals surface area contributed by atoms with E-state index in [2.05, 4.69) is 10.3 Å². The molecule has 0 saturated carbocycles. The molecule has 0 aliphatic heterocycles. The van der Waals surface area contributed by atoms with Gasteiger partial charge in [-0.3, -0.25) is 4.79 Å². The van der Waals surface area contributed by atoms with Crippen molar-refractivity contribution >= 4 is 11.6 Å². The zero-order chi connectivity index (χ0) is 13.1. The summed E-state index contributed by atoms with van der Waals surface area (Å²) < 4.78 is 1.91. The van der Waals surface area contributed by atoms with Gasteiger partial charge in [0.2, 0.25) is 5.91 Å². The van der Waals surface area contributed by atoms with Gasteiger partial charge in [-0.1, -0.05) is 6.07 Å². The molecule has 1 unspecified atom stereocenters. The summed E-state index contributed by atoms with van der Waals surface area (Å²) in [5, 5.41) is 11.7. The predicted molar refractivity (Wildman–Crippen MR) is 68.3 cm³/mol. The summed E-state index contributed by atoms with van der Waals surface area (Å²) in [5.41, 5.74) is 2.68. The van der Waals surface area contributed by atoms with Crippen LogP contribution in [-0.2, 0) is 11.2 Å². The van der Waals surface area contributed by atoms with Gasteiger partial charge in [-0.2, -0.15) is 0 Å². The maximum absolute atomic E-state index is 11.6. The lowest BCUT2D eigenvalue weighted by Crippen LogP contribution is -2.31. The molecule has 0 aliphatic carbocycles. The fourth-order valence-electron chi connectivity index (χ4n) is 1.78. The highest BCUT2D eigenvalue weighted by Crippen LogP contribution is 2.10. The van der Waals surface area contributed by atoms with Crippen LogP contribution in [0.5, 0.6) is 0 Å². The fraction of sp³-hybridized carbons (Fsp3) is 0.385. The predicted octanol–water partition coefficient (Wildman–Crippen LogP) is 0.682. The number of pyridine rings is 1. The number of imidazole rings is 1. The summed E-state index contributed by atoms with van der Waals surface area (Å²) >= 11 is 0. The molecule has 2 N–H and O–H groups in total. The van der Waals surface area contributed by atoms with Gasteiger partial charge >= 0.3 is 0 Å². The first kappa shape index (κ1) is 12.6.